The van der Waals surface area contributed by atoms with Crippen LogP contribution in [0.3, 0.4) is 0 Å². The molecular formula is C9H10O4. The van der Waals surface area contributed by atoms with Gasteiger partial charge < -0.3 is 14.9 Å². The number of benzene rings is 1. The fraction of sp³-hybridized carbons (Fsp3) is 0.222. The van der Waals surface area contributed by atoms with Crippen LogP contribution in [0, 0.1) is 0 Å². The first-order valence-electron chi connectivity index (χ1n) is 3.86. The number of aromatic hydroxyl groups is 2. The molecule has 0 heterocycles. The molecule has 0 radical (unpaired) electrons. The predicted molar refractivity (Wildman–Crippen MR) is 45.7 cm³/mol. The number of phenols is 2. The molecule has 0 fully saturated rings. The van der Waals surface area contributed by atoms with Gasteiger partial charge in [-0.2, -0.15) is 0 Å². The Kier molecular flexibility index (Phi) is 2.74. The van der Waals surface area contributed by atoms with Gasteiger partial charge >= 0.3 is 5.97 Å². The molecule has 2 N–H and O–H groups in total. The molecular weight excluding hydrogens is 172 g/mol. The van der Waals surface area contributed by atoms with Crippen LogP contribution >= 0.6 is 0 Å². The van der Waals surface area contributed by atoms with Crippen LogP contribution in [0.15, 0.2) is 18.2 Å². The first-order chi connectivity index (χ1) is 6.15. The molecule has 0 amide bonds. The van der Waals surface area contributed by atoms with E-state index < -0.39 is 5.97 Å². The van der Waals surface area contributed by atoms with Crippen molar-refractivity contribution < 1.29 is 19.7 Å². The SMILES string of the molecule is CCC(=O)Oc1c(O)cccc1O. The molecule has 4 nitrogen and oxygen atoms in total. The number of para-hydroxylation sites is 1. The van der Waals surface area contributed by atoms with Crippen LogP contribution in [-0.4, -0.2) is 16.2 Å². The average molecular weight is 182 g/mol. The van der Waals surface area contributed by atoms with E-state index in [1.54, 1.807) is 6.92 Å². The third kappa shape index (κ3) is 2.11. The molecule has 0 aliphatic carbocycles. The average Bonchev–Trinajstić information content (AvgIpc) is 2.11. The van der Waals surface area contributed by atoms with E-state index in [2.05, 4.69) is 4.74 Å². The van der Waals surface area contributed by atoms with E-state index in [4.69, 9.17) is 0 Å². The number of rotatable bonds is 2. The highest BCUT2D eigenvalue weighted by molar-refractivity contribution is 5.74. The summed E-state index contributed by atoms with van der Waals surface area (Å²) in [5, 5.41) is 18.4. The summed E-state index contributed by atoms with van der Waals surface area (Å²) in [6, 6.07) is 4.12. The number of ether oxygens (including phenoxy) is 1. The summed E-state index contributed by atoms with van der Waals surface area (Å²) in [5.74, 6) is -1.19. The second kappa shape index (κ2) is 3.80. The van der Waals surface area contributed by atoms with Crippen molar-refractivity contribution in [1.29, 1.82) is 0 Å². The summed E-state index contributed by atoms with van der Waals surface area (Å²) in [6.45, 7) is 1.62. The molecule has 0 aliphatic heterocycles. The van der Waals surface area contributed by atoms with Crippen LogP contribution in [0.5, 0.6) is 17.2 Å². The number of hydrogen-bond acceptors (Lipinski definition) is 4. The molecule has 1 aromatic carbocycles. The highest BCUT2D eigenvalue weighted by Crippen LogP contribution is 2.35. The van der Waals surface area contributed by atoms with Crippen LogP contribution in [-0.2, 0) is 4.79 Å². The second-order valence-corrected chi connectivity index (χ2v) is 2.45. The van der Waals surface area contributed by atoms with Crippen molar-refractivity contribution in [2.45, 2.75) is 13.3 Å². The Bertz CT molecular complexity index is 299. The Labute approximate surface area is 75.4 Å². The minimum atomic E-state index is -0.503. The van der Waals surface area contributed by atoms with E-state index in [-0.39, 0.29) is 23.7 Å². The summed E-state index contributed by atoms with van der Waals surface area (Å²) in [6.07, 6.45) is 0.188. The van der Waals surface area contributed by atoms with Gasteiger partial charge in [0.05, 0.1) is 0 Å². The zero-order valence-corrected chi connectivity index (χ0v) is 7.15. The predicted octanol–water partition coefficient (Wildman–Crippen LogP) is 1.41. The quantitative estimate of drug-likeness (QED) is 0.536. The second-order valence-electron chi connectivity index (χ2n) is 2.45. The van der Waals surface area contributed by atoms with Gasteiger partial charge in [-0.1, -0.05) is 13.0 Å². The van der Waals surface area contributed by atoms with Gasteiger partial charge in [0.25, 0.3) is 0 Å². The maximum Gasteiger partial charge on any atom is 0.311 e. The van der Waals surface area contributed by atoms with Crippen molar-refractivity contribution in [2.75, 3.05) is 0 Å². The molecule has 0 unspecified atom stereocenters. The van der Waals surface area contributed by atoms with Crippen LogP contribution in [0.1, 0.15) is 13.3 Å². The first-order valence-corrected chi connectivity index (χ1v) is 3.86. The monoisotopic (exact) mass is 182 g/mol. The van der Waals surface area contributed by atoms with E-state index in [9.17, 15) is 15.0 Å². The van der Waals surface area contributed by atoms with Crippen LogP contribution in [0.25, 0.3) is 0 Å². The van der Waals surface area contributed by atoms with Crippen molar-refractivity contribution >= 4 is 5.97 Å². The fourth-order valence-electron chi connectivity index (χ4n) is 0.804. The maximum atomic E-state index is 10.8. The zero-order valence-electron chi connectivity index (χ0n) is 7.15. The molecule has 0 saturated carbocycles. The van der Waals surface area contributed by atoms with E-state index in [0.29, 0.717) is 0 Å². The lowest BCUT2D eigenvalue weighted by atomic mass is 10.3. The summed E-state index contributed by atoms with van der Waals surface area (Å²) < 4.78 is 4.69. The molecule has 4 heteroatoms. The van der Waals surface area contributed by atoms with Gasteiger partial charge in [0, 0.05) is 6.42 Å². The molecule has 0 spiro atoms. The van der Waals surface area contributed by atoms with Crippen molar-refractivity contribution in [3.05, 3.63) is 18.2 Å². The Morgan fingerprint density at radius 1 is 1.38 bits per heavy atom. The van der Waals surface area contributed by atoms with E-state index >= 15 is 0 Å². The van der Waals surface area contributed by atoms with Gasteiger partial charge in [0.15, 0.2) is 11.5 Å². The van der Waals surface area contributed by atoms with Gasteiger partial charge in [0.2, 0.25) is 5.75 Å². The number of carbonyl (C=O) groups excluding carboxylic acids is 1. The molecule has 13 heavy (non-hydrogen) atoms. The van der Waals surface area contributed by atoms with Crippen molar-refractivity contribution in [1.82, 2.24) is 0 Å². The standard InChI is InChI=1S/C9H10O4/c1-2-8(12)13-9-6(10)4-3-5-7(9)11/h3-5,10-11H,2H2,1H3. The van der Waals surface area contributed by atoms with E-state index in [1.807, 2.05) is 0 Å². The molecule has 0 aliphatic rings. The van der Waals surface area contributed by atoms with Crippen molar-refractivity contribution in [3.63, 3.8) is 0 Å². The van der Waals surface area contributed by atoms with Crippen LogP contribution in [0.4, 0.5) is 0 Å². The topological polar surface area (TPSA) is 66.8 Å². The lowest BCUT2D eigenvalue weighted by Gasteiger charge is -2.06. The Hall–Kier alpha value is -1.71. The number of esters is 1. The summed E-state index contributed by atoms with van der Waals surface area (Å²) in [7, 11) is 0. The highest BCUT2D eigenvalue weighted by atomic mass is 16.5. The number of hydrogen-bond donors (Lipinski definition) is 2. The molecule has 0 bridgehead atoms. The fourth-order valence-corrected chi connectivity index (χ4v) is 0.804. The molecule has 1 rings (SSSR count). The summed E-state index contributed by atoms with van der Waals surface area (Å²) in [4.78, 5) is 10.8. The summed E-state index contributed by atoms with van der Waals surface area (Å²) >= 11 is 0. The van der Waals surface area contributed by atoms with Crippen molar-refractivity contribution in [2.24, 2.45) is 0 Å². The Balaban J connectivity index is 2.93. The minimum absolute atomic E-state index is 0.186. The lowest BCUT2D eigenvalue weighted by Crippen LogP contribution is -2.05. The smallest absolute Gasteiger partial charge is 0.311 e. The third-order valence-electron chi connectivity index (χ3n) is 1.48. The van der Waals surface area contributed by atoms with E-state index in [0.717, 1.165) is 0 Å². The normalized spacial score (nSPS) is 9.62. The third-order valence-corrected chi connectivity index (χ3v) is 1.48. The van der Waals surface area contributed by atoms with Gasteiger partial charge in [-0.25, -0.2) is 0 Å². The zero-order chi connectivity index (χ0) is 9.84. The van der Waals surface area contributed by atoms with Gasteiger partial charge in [0.1, 0.15) is 0 Å². The lowest BCUT2D eigenvalue weighted by molar-refractivity contribution is -0.134. The maximum absolute atomic E-state index is 10.8. The van der Waals surface area contributed by atoms with E-state index in [1.165, 1.54) is 18.2 Å². The molecule has 0 saturated heterocycles. The number of carbonyl (C=O) groups is 1. The minimum Gasteiger partial charge on any atom is -0.504 e. The van der Waals surface area contributed by atoms with Gasteiger partial charge in [-0.15, -0.1) is 0 Å². The highest BCUT2D eigenvalue weighted by Gasteiger charge is 2.11. The number of phenolic OH excluding ortho intramolecular Hbond substituents is 2. The first kappa shape index (κ1) is 9.38. The Morgan fingerprint density at radius 2 is 1.92 bits per heavy atom. The summed E-state index contributed by atoms with van der Waals surface area (Å²) in [5.41, 5.74) is 0. The largest absolute Gasteiger partial charge is 0.504 e. The van der Waals surface area contributed by atoms with Crippen LogP contribution in [0.2, 0.25) is 0 Å². The van der Waals surface area contributed by atoms with Crippen molar-refractivity contribution in [3.8, 4) is 17.2 Å². The molecule has 70 valence electrons. The Morgan fingerprint density at radius 3 is 2.38 bits per heavy atom. The van der Waals surface area contributed by atoms with Gasteiger partial charge in [-0.05, 0) is 12.1 Å². The van der Waals surface area contributed by atoms with Gasteiger partial charge in [-0.3, -0.25) is 4.79 Å². The molecule has 0 atom stereocenters. The van der Waals surface area contributed by atoms with Crippen LogP contribution < -0.4 is 4.74 Å². The molecule has 1 aromatic rings. The molecule has 0 aromatic heterocycles.